The molecular formula is C26H19Cl2FN8O2. The van der Waals surface area contributed by atoms with Gasteiger partial charge in [0.05, 0.1) is 27.8 Å². The standard InChI is InChI=1S/C26H19Cl2FN8O2/c1-14-32-22(35-34-14)13-31-26(39)21-12-23(37(36-21)15-6-3-2-4-7-15)33-25(38)17-10-16(18(27)11-19(17)28)24-20(29)8-5-9-30-24/h2-12H,13H2,1H3,(H,31,39)(H,33,38)(H,32,34,35). The number of para-hydroxylation sites is 1. The number of anilines is 1. The van der Waals surface area contributed by atoms with Crippen molar-refractivity contribution < 1.29 is 14.0 Å². The largest absolute Gasteiger partial charge is 0.343 e. The molecular weight excluding hydrogens is 546 g/mol. The molecule has 0 saturated carbocycles. The van der Waals surface area contributed by atoms with Crippen molar-refractivity contribution in [3.8, 4) is 16.9 Å². The van der Waals surface area contributed by atoms with Crippen molar-refractivity contribution in [3.63, 3.8) is 0 Å². The fourth-order valence-corrected chi connectivity index (χ4v) is 4.30. The van der Waals surface area contributed by atoms with Gasteiger partial charge in [-0.1, -0.05) is 41.4 Å². The van der Waals surface area contributed by atoms with Crippen LogP contribution in [0, 0.1) is 12.7 Å². The molecule has 0 unspecified atom stereocenters. The summed E-state index contributed by atoms with van der Waals surface area (Å²) in [5.74, 6) is -0.510. The number of aromatic nitrogens is 6. The molecule has 0 saturated heterocycles. The number of H-pyrrole nitrogens is 1. The van der Waals surface area contributed by atoms with E-state index in [4.69, 9.17) is 23.2 Å². The van der Waals surface area contributed by atoms with E-state index in [1.165, 1.54) is 41.2 Å². The molecule has 0 aliphatic heterocycles. The van der Waals surface area contributed by atoms with E-state index in [1.807, 2.05) is 6.07 Å². The molecule has 2 aromatic carbocycles. The van der Waals surface area contributed by atoms with Crippen LogP contribution in [0.3, 0.4) is 0 Å². The lowest BCUT2D eigenvalue weighted by Crippen LogP contribution is -2.24. The Morgan fingerprint density at radius 3 is 2.54 bits per heavy atom. The highest BCUT2D eigenvalue weighted by atomic mass is 35.5. The Hall–Kier alpha value is -4.61. The van der Waals surface area contributed by atoms with Gasteiger partial charge in [0, 0.05) is 17.8 Å². The number of amides is 2. The molecule has 0 spiro atoms. The molecule has 39 heavy (non-hydrogen) atoms. The predicted octanol–water partition coefficient (Wildman–Crippen LogP) is 4.99. The first kappa shape index (κ1) is 26.0. The third kappa shape index (κ3) is 5.64. The summed E-state index contributed by atoms with van der Waals surface area (Å²) in [6, 6.07) is 15.7. The van der Waals surface area contributed by atoms with Gasteiger partial charge in [-0.15, -0.1) is 0 Å². The first-order valence-corrected chi connectivity index (χ1v) is 12.3. The van der Waals surface area contributed by atoms with Crippen LogP contribution in [0.4, 0.5) is 10.2 Å². The summed E-state index contributed by atoms with van der Waals surface area (Å²) in [4.78, 5) is 34.4. The lowest BCUT2D eigenvalue weighted by atomic mass is 10.1. The summed E-state index contributed by atoms with van der Waals surface area (Å²) in [5.41, 5.74) is 0.828. The molecule has 0 fully saturated rings. The lowest BCUT2D eigenvalue weighted by Gasteiger charge is -2.12. The monoisotopic (exact) mass is 564 g/mol. The Balaban J connectivity index is 1.46. The number of pyridine rings is 1. The van der Waals surface area contributed by atoms with E-state index in [1.54, 1.807) is 31.2 Å². The normalized spacial score (nSPS) is 10.9. The number of nitrogens with zero attached hydrogens (tertiary/aromatic N) is 5. The van der Waals surface area contributed by atoms with Crippen molar-refractivity contribution >= 4 is 40.8 Å². The van der Waals surface area contributed by atoms with Crippen LogP contribution < -0.4 is 10.6 Å². The summed E-state index contributed by atoms with van der Waals surface area (Å²) >= 11 is 12.6. The van der Waals surface area contributed by atoms with Gasteiger partial charge < -0.3 is 10.6 Å². The molecule has 13 heteroatoms. The zero-order valence-corrected chi connectivity index (χ0v) is 21.8. The fourth-order valence-electron chi connectivity index (χ4n) is 3.74. The number of hydrogen-bond donors (Lipinski definition) is 3. The van der Waals surface area contributed by atoms with Crippen molar-refractivity contribution in [1.82, 2.24) is 35.3 Å². The smallest absolute Gasteiger partial charge is 0.272 e. The SMILES string of the molecule is Cc1nc(CNC(=O)c2cc(NC(=O)c3cc(-c4ncccc4F)c(Cl)cc3Cl)n(-c3ccccc3)n2)n[nH]1. The predicted molar refractivity (Wildman–Crippen MR) is 143 cm³/mol. The second kappa shape index (κ2) is 11.0. The number of aryl methyl sites for hydroxylation is 1. The minimum absolute atomic E-state index is 0.0212. The van der Waals surface area contributed by atoms with Gasteiger partial charge in [-0.3, -0.25) is 19.7 Å². The second-order valence-electron chi connectivity index (χ2n) is 8.28. The van der Waals surface area contributed by atoms with Gasteiger partial charge in [0.2, 0.25) is 0 Å². The number of benzene rings is 2. The molecule has 3 heterocycles. The van der Waals surface area contributed by atoms with E-state index < -0.39 is 17.6 Å². The molecule has 0 atom stereocenters. The molecule has 0 aliphatic carbocycles. The molecule has 3 N–H and O–H groups in total. The highest BCUT2D eigenvalue weighted by molar-refractivity contribution is 6.38. The number of carbonyl (C=O) groups excluding carboxylic acids is 2. The van der Waals surface area contributed by atoms with Gasteiger partial charge in [-0.2, -0.15) is 10.2 Å². The topological polar surface area (TPSA) is 130 Å². The van der Waals surface area contributed by atoms with E-state index in [0.29, 0.717) is 17.3 Å². The number of aromatic amines is 1. The maximum absolute atomic E-state index is 14.4. The summed E-state index contributed by atoms with van der Waals surface area (Å²) in [6.45, 7) is 1.83. The van der Waals surface area contributed by atoms with Crippen LogP contribution in [-0.2, 0) is 6.54 Å². The number of rotatable bonds is 7. The lowest BCUT2D eigenvalue weighted by molar-refractivity contribution is 0.0943. The summed E-state index contributed by atoms with van der Waals surface area (Å²) in [7, 11) is 0. The van der Waals surface area contributed by atoms with E-state index >= 15 is 0 Å². The van der Waals surface area contributed by atoms with Gasteiger partial charge in [-0.05, 0) is 43.3 Å². The number of nitrogens with one attached hydrogen (secondary N) is 3. The molecule has 0 radical (unpaired) electrons. The van der Waals surface area contributed by atoms with Crippen molar-refractivity contribution in [3.05, 3.63) is 106 Å². The third-order valence-electron chi connectivity index (χ3n) is 5.55. The summed E-state index contributed by atoms with van der Waals surface area (Å²) in [5, 5.41) is 16.7. The minimum Gasteiger partial charge on any atom is -0.343 e. The van der Waals surface area contributed by atoms with Crippen molar-refractivity contribution in [2.24, 2.45) is 0 Å². The number of halogens is 3. The maximum atomic E-state index is 14.4. The average Bonchev–Trinajstić information content (AvgIpc) is 3.54. The van der Waals surface area contributed by atoms with Crippen LogP contribution in [0.5, 0.6) is 0 Å². The average molecular weight is 565 g/mol. The molecule has 2 amide bonds. The summed E-state index contributed by atoms with van der Waals surface area (Å²) < 4.78 is 15.8. The third-order valence-corrected chi connectivity index (χ3v) is 6.18. The first-order valence-electron chi connectivity index (χ1n) is 11.5. The first-order chi connectivity index (χ1) is 18.8. The van der Waals surface area contributed by atoms with Gasteiger partial charge in [0.25, 0.3) is 11.8 Å². The van der Waals surface area contributed by atoms with Crippen LogP contribution in [0.2, 0.25) is 10.0 Å². The van der Waals surface area contributed by atoms with Crippen LogP contribution in [0.15, 0.2) is 66.9 Å². The Kier molecular flexibility index (Phi) is 7.35. The Morgan fingerprint density at radius 1 is 1.03 bits per heavy atom. The molecule has 5 rings (SSSR count). The van der Waals surface area contributed by atoms with E-state index in [-0.39, 0.29) is 44.9 Å². The van der Waals surface area contributed by atoms with E-state index in [9.17, 15) is 14.0 Å². The number of hydrogen-bond acceptors (Lipinski definition) is 6. The van der Waals surface area contributed by atoms with E-state index in [2.05, 4.69) is 35.9 Å². The minimum atomic E-state index is -0.630. The Bertz CT molecular complexity index is 1690. The molecule has 0 bridgehead atoms. The second-order valence-corrected chi connectivity index (χ2v) is 9.10. The van der Waals surface area contributed by atoms with Crippen LogP contribution in [0.1, 0.15) is 32.5 Å². The molecule has 196 valence electrons. The highest BCUT2D eigenvalue weighted by Gasteiger charge is 2.21. The summed E-state index contributed by atoms with van der Waals surface area (Å²) in [6.07, 6.45) is 1.41. The van der Waals surface area contributed by atoms with Gasteiger partial charge >= 0.3 is 0 Å². The molecule has 5 aromatic rings. The van der Waals surface area contributed by atoms with Gasteiger partial charge in [0.15, 0.2) is 11.5 Å². The Labute approximate surface area is 231 Å². The Morgan fingerprint density at radius 2 is 1.82 bits per heavy atom. The molecule has 10 nitrogen and oxygen atoms in total. The molecule has 0 aliphatic rings. The van der Waals surface area contributed by atoms with Crippen molar-refractivity contribution in [2.75, 3.05) is 5.32 Å². The van der Waals surface area contributed by atoms with E-state index in [0.717, 1.165) is 0 Å². The zero-order chi connectivity index (χ0) is 27.5. The van der Waals surface area contributed by atoms with Crippen LogP contribution in [-0.4, -0.2) is 41.8 Å². The number of carbonyl (C=O) groups is 2. The molecule has 3 aromatic heterocycles. The quantitative estimate of drug-likeness (QED) is 0.255. The maximum Gasteiger partial charge on any atom is 0.272 e. The zero-order valence-electron chi connectivity index (χ0n) is 20.2. The fraction of sp³-hybridized carbons (Fsp3) is 0.0769. The van der Waals surface area contributed by atoms with Gasteiger partial charge in [0.1, 0.15) is 23.2 Å². The van der Waals surface area contributed by atoms with Gasteiger partial charge in [-0.25, -0.2) is 14.1 Å². The van der Waals surface area contributed by atoms with Crippen LogP contribution in [0.25, 0.3) is 16.9 Å². The van der Waals surface area contributed by atoms with Crippen LogP contribution >= 0.6 is 23.2 Å². The highest BCUT2D eigenvalue weighted by Crippen LogP contribution is 2.33. The van der Waals surface area contributed by atoms with Crippen molar-refractivity contribution in [2.45, 2.75) is 13.5 Å². The van der Waals surface area contributed by atoms with Crippen molar-refractivity contribution in [1.29, 1.82) is 0 Å².